The van der Waals surface area contributed by atoms with E-state index in [0.717, 1.165) is 38.5 Å². The molecule has 0 bridgehead atoms. The number of aliphatic imine (C=N–C) groups is 1. The number of amides is 3. The van der Waals surface area contributed by atoms with Crippen molar-refractivity contribution in [2.24, 2.45) is 22.4 Å². The van der Waals surface area contributed by atoms with E-state index in [-0.39, 0.29) is 30.2 Å². The summed E-state index contributed by atoms with van der Waals surface area (Å²) in [6, 6.07) is -1.38. The average Bonchev–Trinajstić information content (AvgIpc) is 2.64. The van der Waals surface area contributed by atoms with E-state index in [4.69, 9.17) is 11.5 Å². The molecule has 0 saturated heterocycles. The number of carbonyl (C=O) groups is 3. The monoisotopic (exact) mass is 400 g/mol. The second-order valence-electron chi connectivity index (χ2n) is 6.77. The van der Waals surface area contributed by atoms with Crippen LogP contribution in [-0.4, -0.2) is 54.6 Å². The molecule has 0 spiro atoms. The van der Waals surface area contributed by atoms with Crippen LogP contribution in [0.3, 0.4) is 0 Å². The number of rotatable bonds is 10. The van der Waals surface area contributed by atoms with Crippen LogP contribution in [0.25, 0.3) is 0 Å². The van der Waals surface area contributed by atoms with Crippen molar-refractivity contribution in [2.75, 3.05) is 18.8 Å². The van der Waals surface area contributed by atoms with Crippen molar-refractivity contribution in [1.29, 1.82) is 0 Å². The summed E-state index contributed by atoms with van der Waals surface area (Å²) in [6.45, 7) is 1.84. The van der Waals surface area contributed by atoms with E-state index in [2.05, 4.69) is 33.6 Å². The Hall–Kier alpha value is -1.97. The molecule has 0 radical (unpaired) electrons. The summed E-state index contributed by atoms with van der Waals surface area (Å²) >= 11 is 4.07. The lowest BCUT2D eigenvalue weighted by molar-refractivity contribution is -0.130. The maximum Gasteiger partial charge on any atom is 0.245 e. The molecule has 0 aromatic rings. The first kappa shape index (κ1) is 23.1. The normalized spacial score (nSPS) is 16.7. The molecule has 1 aliphatic rings. The minimum absolute atomic E-state index is 0.0699. The van der Waals surface area contributed by atoms with Gasteiger partial charge in [-0.2, -0.15) is 12.6 Å². The average molecular weight is 401 g/mol. The summed E-state index contributed by atoms with van der Waals surface area (Å²) in [5.74, 6) is -0.511. The van der Waals surface area contributed by atoms with Gasteiger partial charge in [-0.3, -0.25) is 14.4 Å². The molecular formula is C17H32N6O3S. The van der Waals surface area contributed by atoms with Gasteiger partial charge in [0.15, 0.2) is 5.96 Å². The molecule has 0 aliphatic heterocycles. The molecule has 1 aliphatic carbocycles. The topological polar surface area (TPSA) is 152 Å². The van der Waals surface area contributed by atoms with E-state index >= 15 is 0 Å². The zero-order valence-electron chi connectivity index (χ0n) is 15.9. The molecular weight excluding hydrogens is 368 g/mol. The lowest BCUT2D eigenvalue weighted by atomic mass is 9.83. The predicted octanol–water partition coefficient (Wildman–Crippen LogP) is -0.734. The summed E-state index contributed by atoms with van der Waals surface area (Å²) in [5, 5.41) is 7.82. The minimum Gasteiger partial charge on any atom is -0.370 e. The van der Waals surface area contributed by atoms with Gasteiger partial charge in [-0.15, -0.1) is 0 Å². The van der Waals surface area contributed by atoms with Gasteiger partial charge in [0, 0.05) is 6.54 Å². The van der Waals surface area contributed by atoms with Gasteiger partial charge < -0.3 is 27.4 Å². The minimum atomic E-state index is -0.693. The summed E-state index contributed by atoms with van der Waals surface area (Å²) in [7, 11) is 0. The Morgan fingerprint density at radius 1 is 1.11 bits per heavy atom. The van der Waals surface area contributed by atoms with Crippen molar-refractivity contribution in [3.05, 3.63) is 0 Å². The van der Waals surface area contributed by atoms with Crippen LogP contribution in [-0.2, 0) is 14.4 Å². The molecule has 9 nitrogen and oxygen atoms in total. The maximum absolute atomic E-state index is 12.5. The second-order valence-corrected chi connectivity index (χ2v) is 7.22. The summed E-state index contributed by atoms with van der Waals surface area (Å²) in [6.07, 6.45) is 5.72. The molecule has 1 rings (SSSR count). The van der Waals surface area contributed by atoms with Crippen molar-refractivity contribution < 1.29 is 14.4 Å². The number of hydrogen-bond donors (Lipinski definition) is 6. The fourth-order valence-corrected chi connectivity index (χ4v) is 3.22. The lowest BCUT2D eigenvalue weighted by Crippen LogP contribution is -2.49. The zero-order valence-corrected chi connectivity index (χ0v) is 16.8. The van der Waals surface area contributed by atoms with Crippen LogP contribution in [0.1, 0.15) is 45.4 Å². The lowest BCUT2D eigenvalue weighted by Gasteiger charge is -2.27. The van der Waals surface area contributed by atoms with E-state index in [9.17, 15) is 14.4 Å². The molecule has 10 heteroatoms. The first-order valence-corrected chi connectivity index (χ1v) is 10.0. The quantitative estimate of drug-likeness (QED) is 0.124. The number of carbonyl (C=O) groups excluding carboxylic acids is 3. The van der Waals surface area contributed by atoms with Crippen molar-refractivity contribution in [1.82, 2.24) is 16.0 Å². The zero-order chi connectivity index (χ0) is 20.2. The Labute approximate surface area is 165 Å². The van der Waals surface area contributed by atoms with E-state index < -0.39 is 18.0 Å². The van der Waals surface area contributed by atoms with Gasteiger partial charge >= 0.3 is 0 Å². The van der Waals surface area contributed by atoms with Crippen LogP contribution in [0, 0.1) is 5.92 Å². The number of hydrogen-bond acceptors (Lipinski definition) is 5. The highest BCUT2D eigenvalue weighted by atomic mass is 32.1. The van der Waals surface area contributed by atoms with Gasteiger partial charge in [0.2, 0.25) is 17.7 Å². The Morgan fingerprint density at radius 3 is 2.37 bits per heavy atom. The van der Waals surface area contributed by atoms with E-state index in [1.54, 1.807) is 6.92 Å². The largest absolute Gasteiger partial charge is 0.370 e. The highest BCUT2D eigenvalue weighted by molar-refractivity contribution is 7.80. The van der Waals surface area contributed by atoms with Crippen molar-refractivity contribution >= 4 is 36.3 Å². The van der Waals surface area contributed by atoms with E-state index in [1.807, 2.05) is 0 Å². The smallest absolute Gasteiger partial charge is 0.245 e. The molecule has 0 heterocycles. The van der Waals surface area contributed by atoms with Gasteiger partial charge in [-0.25, -0.2) is 4.99 Å². The summed E-state index contributed by atoms with van der Waals surface area (Å²) in [5.41, 5.74) is 10.9. The van der Waals surface area contributed by atoms with Crippen LogP contribution < -0.4 is 27.4 Å². The highest BCUT2D eigenvalue weighted by Crippen LogP contribution is 2.28. The van der Waals surface area contributed by atoms with Crippen LogP contribution in [0.5, 0.6) is 0 Å². The molecule has 27 heavy (non-hydrogen) atoms. The van der Waals surface area contributed by atoms with E-state index in [1.165, 1.54) is 0 Å². The molecule has 0 unspecified atom stereocenters. The number of nitrogens with zero attached hydrogens (tertiary/aromatic N) is 1. The van der Waals surface area contributed by atoms with Crippen molar-refractivity contribution in [3.8, 4) is 0 Å². The third-order valence-corrected chi connectivity index (χ3v) is 4.80. The number of nitrogens with one attached hydrogen (secondary N) is 3. The van der Waals surface area contributed by atoms with Crippen LogP contribution >= 0.6 is 12.6 Å². The molecule has 2 atom stereocenters. The number of guanidine groups is 1. The molecule has 3 amide bonds. The SMILES string of the molecule is C[C@H](NC(=O)CNC(=O)[C@H](N=C(N)N)C1CCCCC1)C(=O)NCCCS. The molecule has 154 valence electrons. The fourth-order valence-electron chi connectivity index (χ4n) is 3.06. The molecule has 1 fully saturated rings. The van der Waals surface area contributed by atoms with Crippen LogP contribution in [0.2, 0.25) is 0 Å². The predicted molar refractivity (Wildman–Crippen MR) is 108 cm³/mol. The van der Waals surface area contributed by atoms with Crippen LogP contribution in [0.4, 0.5) is 0 Å². The second kappa shape index (κ2) is 12.4. The van der Waals surface area contributed by atoms with Gasteiger partial charge in [-0.05, 0) is 37.9 Å². The van der Waals surface area contributed by atoms with Gasteiger partial charge in [0.25, 0.3) is 0 Å². The summed E-state index contributed by atoms with van der Waals surface area (Å²) in [4.78, 5) is 40.4. The number of nitrogens with two attached hydrogens (primary N) is 2. The Balaban J connectivity index is 2.48. The Bertz CT molecular complexity index is 533. The maximum atomic E-state index is 12.5. The number of thiol groups is 1. The Morgan fingerprint density at radius 2 is 1.78 bits per heavy atom. The van der Waals surface area contributed by atoms with Gasteiger partial charge in [0.1, 0.15) is 12.1 Å². The molecule has 0 aromatic heterocycles. The fraction of sp³-hybridized carbons (Fsp3) is 0.765. The third kappa shape index (κ3) is 8.98. The molecule has 1 saturated carbocycles. The standard InChI is InChI=1S/C17H32N6O3S/c1-11(15(25)20-8-5-9-27)22-13(24)10-21-16(26)14(23-17(18)19)12-6-3-2-4-7-12/h11-12,14,27H,2-10H2,1H3,(H,20,25)(H,21,26)(H,22,24)(H4,18,19,23)/t11-,14+/m0/s1. The van der Waals surface area contributed by atoms with Crippen molar-refractivity contribution in [2.45, 2.75) is 57.5 Å². The Kier molecular flexibility index (Phi) is 10.6. The van der Waals surface area contributed by atoms with Crippen molar-refractivity contribution in [3.63, 3.8) is 0 Å². The molecule has 7 N–H and O–H groups in total. The van der Waals surface area contributed by atoms with E-state index in [0.29, 0.717) is 12.3 Å². The van der Waals surface area contributed by atoms with Crippen LogP contribution in [0.15, 0.2) is 4.99 Å². The summed E-state index contributed by atoms with van der Waals surface area (Å²) < 4.78 is 0. The highest BCUT2D eigenvalue weighted by Gasteiger charge is 2.29. The van der Waals surface area contributed by atoms with Gasteiger partial charge in [0.05, 0.1) is 6.54 Å². The molecule has 0 aromatic carbocycles. The van der Waals surface area contributed by atoms with Gasteiger partial charge in [-0.1, -0.05) is 19.3 Å². The first-order valence-electron chi connectivity index (χ1n) is 9.39. The third-order valence-electron chi connectivity index (χ3n) is 4.48. The first-order chi connectivity index (χ1) is 12.8.